The van der Waals surface area contributed by atoms with Gasteiger partial charge in [0.25, 0.3) is 0 Å². The van der Waals surface area contributed by atoms with E-state index in [9.17, 15) is 9.59 Å². The lowest BCUT2D eigenvalue weighted by atomic mass is 10.1. The number of nitrogens with zero attached hydrogens (tertiary/aromatic N) is 1. The van der Waals surface area contributed by atoms with Gasteiger partial charge in [0.05, 0.1) is 16.0 Å². The molecule has 2 amide bonds. The van der Waals surface area contributed by atoms with Crippen LogP contribution in [-0.2, 0) is 9.59 Å². The Kier molecular flexibility index (Phi) is 4.55. The maximum atomic E-state index is 12.4. The molecule has 0 aliphatic carbocycles. The Labute approximate surface area is 144 Å². The molecular weight excluding hydrogens is 335 g/mol. The van der Waals surface area contributed by atoms with Gasteiger partial charge in [-0.1, -0.05) is 41.4 Å². The van der Waals surface area contributed by atoms with Crippen LogP contribution in [0.15, 0.2) is 48.5 Å². The van der Waals surface area contributed by atoms with E-state index in [0.717, 1.165) is 5.69 Å². The van der Waals surface area contributed by atoms with Crippen molar-refractivity contribution in [3.63, 3.8) is 0 Å². The molecule has 1 saturated heterocycles. The zero-order chi connectivity index (χ0) is 16.4. The third kappa shape index (κ3) is 3.49. The van der Waals surface area contributed by atoms with Crippen molar-refractivity contribution in [2.45, 2.75) is 6.42 Å². The first-order valence-corrected chi connectivity index (χ1v) is 7.91. The number of anilines is 2. The van der Waals surface area contributed by atoms with Crippen molar-refractivity contribution in [1.82, 2.24) is 0 Å². The average Bonchev–Trinajstić information content (AvgIpc) is 2.94. The molecule has 118 valence electrons. The first kappa shape index (κ1) is 15.8. The van der Waals surface area contributed by atoms with Crippen molar-refractivity contribution < 1.29 is 9.59 Å². The highest BCUT2D eigenvalue weighted by atomic mass is 35.5. The van der Waals surface area contributed by atoms with Gasteiger partial charge < -0.3 is 10.2 Å². The minimum absolute atomic E-state index is 0.0505. The predicted molar refractivity (Wildman–Crippen MR) is 92.0 cm³/mol. The molecule has 1 heterocycles. The first-order valence-electron chi connectivity index (χ1n) is 7.16. The second kappa shape index (κ2) is 6.60. The van der Waals surface area contributed by atoms with Crippen LogP contribution in [0.25, 0.3) is 0 Å². The molecule has 3 rings (SSSR count). The van der Waals surface area contributed by atoms with Crippen LogP contribution in [-0.4, -0.2) is 18.4 Å². The van der Waals surface area contributed by atoms with Gasteiger partial charge in [-0.2, -0.15) is 0 Å². The molecule has 1 aliphatic rings. The number of hydrogen-bond acceptors (Lipinski definition) is 2. The molecule has 0 spiro atoms. The molecule has 0 saturated carbocycles. The number of carbonyl (C=O) groups is 2. The van der Waals surface area contributed by atoms with Crippen molar-refractivity contribution >= 4 is 46.4 Å². The molecule has 1 fully saturated rings. The summed E-state index contributed by atoms with van der Waals surface area (Å²) in [4.78, 5) is 26.2. The molecule has 1 atom stereocenters. The van der Waals surface area contributed by atoms with Crippen LogP contribution in [0.4, 0.5) is 11.4 Å². The molecule has 4 nitrogen and oxygen atoms in total. The normalized spacial score (nSPS) is 17.4. The number of nitrogens with one attached hydrogen (secondary N) is 1. The van der Waals surface area contributed by atoms with Crippen molar-refractivity contribution in [3.8, 4) is 0 Å². The zero-order valence-corrected chi connectivity index (χ0v) is 13.6. The number of halogens is 2. The SMILES string of the molecule is O=C(Nc1ccc(Cl)c(Cl)c1)C1CC(=O)N(c2ccccc2)C1. The lowest BCUT2D eigenvalue weighted by molar-refractivity contribution is -0.122. The fraction of sp³-hybridized carbons (Fsp3) is 0.176. The Morgan fingerprint density at radius 2 is 1.83 bits per heavy atom. The number of para-hydroxylation sites is 1. The standard InChI is InChI=1S/C17H14Cl2N2O2/c18-14-7-6-12(9-15(14)19)20-17(23)11-8-16(22)21(10-11)13-4-2-1-3-5-13/h1-7,9,11H,8,10H2,(H,20,23). The van der Waals surface area contributed by atoms with Crippen LogP contribution >= 0.6 is 23.2 Å². The van der Waals surface area contributed by atoms with Gasteiger partial charge in [-0.15, -0.1) is 0 Å². The van der Waals surface area contributed by atoms with E-state index in [2.05, 4.69) is 5.32 Å². The third-order valence-electron chi connectivity index (χ3n) is 3.75. The molecule has 0 aromatic heterocycles. The molecule has 0 radical (unpaired) electrons. The topological polar surface area (TPSA) is 49.4 Å². The number of hydrogen-bond donors (Lipinski definition) is 1. The fourth-order valence-electron chi connectivity index (χ4n) is 2.56. The number of carbonyl (C=O) groups excluding carboxylic acids is 2. The zero-order valence-electron chi connectivity index (χ0n) is 12.1. The quantitative estimate of drug-likeness (QED) is 0.911. The van der Waals surface area contributed by atoms with Crippen LogP contribution < -0.4 is 10.2 Å². The summed E-state index contributed by atoms with van der Waals surface area (Å²) in [5.74, 6) is -0.641. The van der Waals surface area contributed by atoms with Crippen molar-refractivity contribution in [3.05, 3.63) is 58.6 Å². The molecule has 2 aromatic rings. The predicted octanol–water partition coefficient (Wildman–Crippen LogP) is 3.99. The fourth-order valence-corrected chi connectivity index (χ4v) is 2.86. The van der Waals surface area contributed by atoms with Crippen molar-refractivity contribution in [2.75, 3.05) is 16.8 Å². The molecule has 1 aliphatic heterocycles. The van der Waals surface area contributed by atoms with Crippen LogP contribution in [0, 0.1) is 5.92 Å². The summed E-state index contributed by atoms with van der Waals surface area (Å²) in [5.41, 5.74) is 1.37. The lowest BCUT2D eigenvalue weighted by Crippen LogP contribution is -2.28. The largest absolute Gasteiger partial charge is 0.326 e. The Morgan fingerprint density at radius 3 is 2.52 bits per heavy atom. The van der Waals surface area contributed by atoms with Gasteiger partial charge in [0, 0.05) is 24.3 Å². The van der Waals surface area contributed by atoms with Crippen molar-refractivity contribution in [2.24, 2.45) is 5.92 Å². The van der Waals surface area contributed by atoms with Gasteiger partial charge in [-0.3, -0.25) is 9.59 Å². The summed E-state index contributed by atoms with van der Waals surface area (Å²) < 4.78 is 0. The smallest absolute Gasteiger partial charge is 0.229 e. The van der Waals surface area contributed by atoms with E-state index >= 15 is 0 Å². The Morgan fingerprint density at radius 1 is 1.09 bits per heavy atom. The number of amides is 2. The van der Waals surface area contributed by atoms with E-state index in [1.165, 1.54) is 0 Å². The molecule has 2 aromatic carbocycles. The Balaban J connectivity index is 1.69. The Hall–Kier alpha value is -2.04. The summed E-state index contributed by atoms with van der Waals surface area (Å²) in [5, 5.41) is 3.58. The average molecular weight is 349 g/mol. The van der Waals surface area contributed by atoms with E-state index in [1.807, 2.05) is 30.3 Å². The molecule has 6 heteroatoms. The van der Waals surface area contributed by atoms with Gasteiger partial charge in [-0.25, -0.2) is 0 Å². The summed E-state index contributed by atoms with van der Waals surface area (Å²) in [6, 6.07) is 14.2. The van der Waals surface area contributed by atoms with Crippen LogP contribution in [0.3, 0.4) is 0 Å². The monoisotopic (exact) mass is 348 g/mol. The second-order valence-corrected chi connectivity index (χ2v) is 6.17. The van der Waals surface area contributed by atoms with E-state index in [1.54, 1.807) is 23.1 Å². The molecule has 23 heavy (non-hydrogen) atoms. The molecule has 0 bridgehead atoms. The van der Waals surface area contributed by atoms with Gasteiger partial charge in [0.1, 0.15) is 0 Å². The van der Waals surface area contributed by atoms with Gasteiger partial charge in [-0.05, 0) is 30.3 Å². The van der Waals surface area contributed by atoms with E-state index in [0.29, 0.717) is 22.3 Å². The molecule has 1 N–H and O–H groups in total. The number of rotatable bonds is 3. The molecular formula is C17H14Cl2N2O2. The van der Waals surface area contributed by atoms with Gasteiger partial charge >= 0.3 is 0 Å². The van der Waals surface area contributed by atoms with E-state index in [-0.39, 0.29) is 18.2 Å². The highest BCUT2D eigenvalue weighted by molar-refractivity contribution is 6.42. The first-order chi connectivity index (χ1) is 11.0. The highest BCUT2D eigenvalue weighted by Gasteiger charge is 2.35. The van der Waals surface area contributed by atoms with E-state index < -0.39 is 5.92 Å². The maximum Gasteiger partial charge on any atom is 0.229 e. The summed E-state index contributed by atoms with van der Waals surface area (Å²) in [7, 11) is 0. The van der Waals surface area contributed by atoms with Gasteiger partial charge in [0.2, 0.25) is 11.8 Å². The van der Waals surface area contributed by atoms with Crippen LogP contribution in [0.5, 0.6) is 0 Å². The minimum Gasteiger partial charge on any atom is -0.326 e. The van der Waals surface area contributed by atoms with Crippen molar-refractivity contribution in [1.29, 1.82) is 0 Å². The minimum atomic E-state index is -0.392. The van der Waals surface area contributed by atoms with E-state index in [4.69, 9.17) is 23.2 Å². The van der Waals surface area contributed by atoms with Crippen LogP contribution in [0.1, 0.15) is 6.42 Å². The third-order valence-corrected chi connectivity index (χ3v) is 4.49. The molecule has 1 unspecified atom stereocenters. The summed E-state index contributed by atoms with van der Waals surface area (Å²) in [6.07, 6.45) is 0.196. The summed E-state index contributed by atoms with van der Waals surface area (Å²) in [6.45, 7) is 0.371. The lowest BCUT2D eigenvalue weighted by Gasteiger charge is -2.16. The van der Waals surface area contributed by atoms with Crippen LogP contribution in [0.2, 0.25) is 10.0 Å². The van der Waals surface area contributed by atoms with Gasteiger partial charge in [0.15, 0.2) is 0 Å². The maximum absolute atomic E-state index is 12.4. The highest BCUT2D eigenvalue weighted by Crippen LogP contribution is 2.28. The number of benzene rings is 2. The second-order valence-electron chi connectivity index (χ2n) is 5.36. The Bertz CT molecular complexity index is 750. The summed E-state index contributed by atoms with van der Waals surface area (Å²) >= 11 is 11.8.